The molecule has 2 rings (SSSR count). The van der Waals surface area contributed by atoms with Crippen LogP contribution in [0.3, 0.4) is 0 Å². The molecule has 0 fully saturated rings. The van der Waals surface area contributed by atoms with Crippen molar-refractivity contribution in [1.29, 1.82) is 0 Å². The highest BCUT2D eigenvalue weighted by atomic mass is 16.2. The van der Waals surface area contributed by atoms with Crippen LogP contribution in [-0.2, 0) is 4.79 Å². The van der Waals surface area contributed by atoms with Gasteiger partial charge >= 0.3 is 0 Å². The van der Waals surface area contributed by atoms with Gasteiger partial charge in [0.05, 0.1) is 23.4 Å². The van der Waals surface area contributed by atoms with Crippen molar-refractivity contribution >= 4 is 22.5 Å². The summed E-state index contributed by atoms with van der Waals surface area (Å²) < 4.78 is 0. The maximum atomic E-state index is 11.8. The Morgan fingerprint density at radius 2 is 2.41 bits per heavy atom. The highest BCUT2D eigenvalue weighted by Gasteiger charge is 2.13. The first kappa shape index (κ1) is 11.6. The van der Waals surface area contributed by atoms with Gasteiger partial charge in [-0.2, -0.15) is 5.10 Å². The Labute approximate surface area is 99.4 Å². The molecular weight excluding hydrogens is 216 g/mol. The molecule has 4 N–H and O–H groups in total. The molecule has 0 spiro atoms. The standard InChI is InChI=1S/C12H16N4O/c1-2-4-9(13)12(17)15-10-5-3-6-11-8(10)7-14-16-11/h3,5-7,9H,2,4,13H2,1H3,(H,14,16)(H,15,17)/t9-/m1/s1. The Hall–Kier alpha value is -1.88. The Balaban J connectivity index is 2.18. The van der Waals surface area contributed by atoms with E-state index >= 15 is 0 Å². The van der Waals surface area contributed by atoms with Gasteiger partial charge in [0, 0.05) is 5.39 Å². The van der Waals surface area contributed by atoms with Crippen molar-refractivity contribution in [2.24, 2.45) is 5.73 Å². The van der Waals surface area contributed by atoms with Crippen LogP contribution < -0.4 is 11.1 Å². The van der Waals surface area contributed by atoms with Crippen molar-refractivity contribution in [2.75, 3.05) is 5.32 Å². The number of carbonyl (C=O) groups excluding carboxylic acids is 1. The number of hydrogen-bond acceptors (Lipinski definition) is 3. The van der Waals surface area contributed by atoms with Crippen molar-refractivity contribution in [1.82, 2.24) is 10.2 Å². The number of aromatic amines is 1. The number of hydrogen-bond donors (Lipinski definition) is 3. The van der Waals surface area contributed by atoms with Crippen molar-refractivity contribution in [3.8, 4) is 0 Å². The summed E-state index contributed by atoms with van der Waals surface area (Å²) in [5.41, 5.74) is 7.40. The lowest BCUT2D eigenvalue weighted by Crippen LogP contribution is -2.35. The number of nitrogens with zero attached hydrogens (tertiary/aromatic N) is 1. The van der Waals surface area contributed by atoms with Crippen LogP contribution in [0.1, 0.15) is 19.8 Å². The van der Waals surface area contributed by atoms with E-state index in [0.29, 0.717) is 6.42 Å². The maximum Gasteiger partial charge on any atom is 0.241 e. The van der Waals surface area contributed by atoms with Crippen LogP contribution in [0.25, 0.3) is 10.9 Å². The molecule has 1 aromatic carbocycles. The zero-order chi connectivity index (χ0) is 12.3. The van der Waals surface area contributed by atoms with Gasteiger partial charge in [0.25, 0.3) is 0 Å². The van der Waals surface area contributed by atoms with Crippen molar-refractivity contribution < 1.29 is 4.79 Å². The average molecular weight is 232 g/mol. The SMILES string of the molecule is CCC[C@@H](N)C(=O)Nc1cccc2[nH]ncc12. The molecule has 2 aromatic rings. The minimum atomic E-state index is -0.456. The zero-order valence-corrected chi connectivity index (χ0v) is 9.73. The second kappa shape index (κ2) is 4.97. The molecule has 0 saturated heterocycles. The number of nitrogens with one attached hydrogen (secondary N) is 2. The van der Waals surface area contributed by atoms with Crippen LogP contribution in [0.5, 0.6) is 0 Å². The Morgan fingerprint density at radius 3 is 3.18 bits per heavy atom. The predicted octanol–water partition coefficient (Wildman–Crippen LogP) is 1.63. The van der Waals surface area contributed by atoms with Crippen molar-refractivity contribution in [3.05, 3.63) is 24.4 Å². The largest absolute Gasteiger partial charge is 0.324 e. The lowest BCUT2D eigenvalue weighted by Gasteiger charge is -2.11. The molecule has 1 atom stereocenters. The monoisotopic (exact) mass is 232 g/mol. The van der Waals surface area contributed by atoms with E-state index in [1.807, 2.05) is 25.1 Å². The Kier molecular flexibility index (Phi) is 3.39. The van der Waals surface area contributed by atoms with Crippen molar-refractivity contribution in [2.45, 2.75) is 25.8 Å². The number of nitrogens with two attached hydrogens (primary N) is 1. The Morgan fingerprint density at radius 1 is 1.59 bits per heavy atom. The van der Waals surface area contributed by atoms with E-state index in [-0.39, 0.29) is 5.91 Å². The summed E-state index contributed by atoms with van der Waals surface area (Å²) in [6, 6.07) is 5.15. The number of amides is 1. The van der Waals surface area contributed by atoms with Gasteiger partial charge in [-0.25, -0.2) is 0 Å². The molecule has 5 heteroatoms. The molecule has 0 aliphatic rings. The zero-order valence-electron chi connectivity index (χ0n) is 9.73. The van der Waals surface area contributed by atoms with Gasteiger partial charge in [-0.1, -0.05) is 19.4 Å². The maximum absolute atomic E-state index is 11.8. The fraction of sp³-hybridized carbons (Fsp3) is 0.333. The van der Waals surface area contributed by atoms with Gasteiger partial charge < -0.3 is 11.1 Å². The van der Waals surface area contributed by atoms with E-state index in [0.717, 1.165) is 23.0 Å². The minimum absolute atomic E-state index is 0.152. The van der Waals surface area contributed by atoms with E-state index in [1.54, 1.807) is 6.20 Å². The Bertz CT molecular complexity index is 520. The van der Waals surface area contributed by atoms with Crippen molar-refractivity contribution in [3.63, 3.8) is 0 Å². The van der Waals surface area contributed by atoms with Gasteiger partial charge in [-0.05, 0) is 18.6 Å². The minimum Gasteiger partial charge on any atom is -0.324 e. The smallest absolute Gasteiger partial charge is 0.241 e. The van der Waals surface area contributed by atoms with Gasteiger partial charge in [0.15, 0.2) is 0 Å². The highest BCUT2D eigenvalue weighted by Crippen LogP contribution is 2.21. The summed E-state index contributed by atoms with van der Waals surface area (Å²) in [6.45, 7) is 2.00. The van der Waals surface area contributed by atoms with E-state index < -0.39 is 6.04 Å². The molecule has 1 heterocycles. The van der Waals surface area contributed by atoms with Gasteiger partial charge in [0.1, 0.15) is 0 Å². The molecule has 0 radical (unpaired) electrons. The summed E-state index contributed by atoms with van der Waals surface area (Å²) in [5, 5.41) is 10.5. The second-order valence-corrected chi connectivity index (χ2v) is 4.02. The summed E-state index contributed by atoms with van der Waals surface area (Å²) in [4.78, 5) is 11.8. The number of fused-ring (bicyclic) bond motifs is 1. The lowest BCUT2D eigenvalue weighted by molar-refractivity contribution is -0.117. The molecule has 17 heavy (non-hydrogen) atoms. The number of aromatic nitrogens is 2. The molecule has 0 bridgehead atoms. The van der Waals surface area contributed by atoms with Crippen LogP contribution in [-0.4, -0.2) is 22.1 Å². The summed E-state index contributed by atoms with van der Waals surface area (Å²) in [7, 11) is 0. The van der Waals surface area contributed by atoms with Crippen LogP contribution >= 0.6 is 0 Å². The molecule has 0 aliphatic heterocycles. The number of carbonyl (C=O) groups is 1. The number of H-pyrrole nitrogens is 1. The quantitative estimate of drug-likeness (QED) is 0.749. The fourth-order valence-electron chi connectivity index (χ4n) is 1.74. The molecule has 0 aliphatic carbocycles. The first-order chi connectivity index (χ1) is 8.22. The average Bonchev–Trinajstić information content (AvgIpc) is 2.78. The lowest BCUT2D eigenvalue weighted by atomic mass is 10.1. The van der Waals surface area contributed by atoms with Gasteiger partial charge in [0.2, 0.25) is 5.91 Å². The van der Waals surface area contributed by atoms with Crippen LogP contribution in [0, 0.1) is 0 Å². The summed E-state index contributed by atoms with van der Waals surface area (Å²) >= 11 is 0. The van der Waals surface area contributed by atoms with Gasteiger partial charge in [-0.3, -0.25) is 9.89 Å². The van der Waals surface area contributed by atoms with Crippen LogP contribution in [0.15, 0.2) is 24.4 Å². The predicted molar refractivity (Wildman–Crippen MR) is 67.6 cm³/mol. The third-order valence-electron chi connectivity index (χ3n) is 2.68. The highest BCUT2D eigenvalue weighted by molar-refractivity contribution is 6.02. The number of benzene rings is 1. The molecule has 0 saturated carbocycles. The first-order valence-electron chi connectivity index (χ1n) is 5.71. The van der Waals surface area contributed by atoms with E-state index in [2.05, 4.69) is 15.5 Å². The van der Waals surface area contributed by atoms with E-state index in [9.17, 15) is 4.79 Å². The topological polar surface area (TPSA) is 83.8 Å². The normalized spacial score (nSPS) is 12.6. The molecule has 5 nitrogen and oxygen atoms in total. The molecule has 0 unspecified atom stereocenters. The molecule has 90 valence electrons. The third-order valence-corrected chi connectivity index (χ3v) is 2.68. The molecule has 1 aromatic heterocycles. The van der Waals surface area contributed by atoms with E-state index in [1.165, 1.54) is 0 Å². The fourth-order valence-corrected chi connectivity index (χ4v) is 1.74. The summed E-state index contributed by atoms with van der Waals surface area (Å²) in [6.07, 6.45) is 3.27. The number of anilines is 1. The second-order valence-electron chi connectivity index (χ2n) is 4.02. The summed E-state index contributed by atoms with van der Waals surface area (Å²) in [5.74, 6) is -0.152. The van der Waals surface area contributed by atoms with Crippen LogP contribution in [0.4, 0.5) is 5.69 Å². The number of rotatable bonds is 4. The molecular formula is C12H16N4O. The third kappa shape index (κ3) is 2.45. The van der Waals surface area contributed by atoms with Gasteiger partial charge in [-0.15, -0.1) is 0 Å². The van der Waals surface area contributed by atoms with E-state index in [4.69, 9.17) is 5.73 Å². The molecule has 1 amide bonds. The first-order valence-corrected chi connectivity index (χ1v) is 5.71. The van der Waals surface area contributed by atoms with Crippen LogP contribution in [0.2, 0.25) is 0 Å².